The van der Waals surface area contributed by atoms with Crippen molar-refractivity contribution in [2.45, 2.75) is 18.4 Å². The van der Waals surface area contributed by atoms with Crippen molar-refractivity contribution in [2.75, 3.05) is 19.9 Å². The van der Waals surface area contributed by atoms with Crippen LogP contribution in [0.1, 0.15) is 18.4 Å². The lowest BCUT2D eigenvalue weighted by Gasteiger charge is -2.34. The van der Waals surface area contributed by atoms with E-state index in [0.717, 1.165) is 43.0 Å². The number of hydrogen-bond acceptors (Lipinski definition) is 4. The molecular formula is C12H16N2O2. The van der Waals surface area contributed by atoms with Crippen molar-refractivity contribution < 1.29 is 9.47 Å². The van der Waals surface area contributed by atoms with E-state index in [1.807, 2.05) is 12.1 Å². The molecule has 0 unspecified atom stereocenters. The van der Waals surface area contributed by atoms with Gasteiger partial charge in [-0.15, -0.1) is 0 Å². The minimum Gasteiger partial charge on any atom is -0.454 e. The van der Waals surface area contributed by atoms with E-state index in [-0.39, 0.29) is 5.54 Å². The second kappa shape index (κ2) is 3.64. The van der Waals surface area contributed by atoms with E-state index in [9.17, 15) is 0 Å². The van der Waals surface area contributed by atoms with Gasteiger partial charge in [0.25, 0.3) is 0 Å². The Morgan fingerprint density at radius 3 is 2.69 bits per heavy atom. The number of nitrogens with one attached hydrogen (secondary N) is 1. The Hall–Kier alpha value is -1.26. The Bertz CT molecular complexity index is 400. The molecule has 0 atom stereocenters. The average Bonchev–Trinajstić information content (AvgIpc) is 2.77. The predicted molar refractivity (Wildman–Crippen MR) is 60.5 cm³/mol. The van der Waals surface area contributed by atoms with E-state index in [0.29, 0.717) is 6.79 Å². The third-order valence-corrected chi connectivity index (χ3v) is 3.44. The summed E-state index contributed by atoms with van der Waals surface area (Å²) in [5.41, 5.74) is 7.37. The van der Waals surface area contributed by atoms with E-state index in [2.05, 4.69) is 11.4 Å². The first-order valence-electron chi connectivity index (χ1n) is 5.68. The standard InChI is InChI=1S/C12H16N2O2/c13-12(3-5-14-6-4-12)9-1-2-10-11(7-9)16-8-15-10/h1-2,7,14H,3-6,8,13H2. The molecule has 86 valence electrons. The maximum atomic E-state index is 6.44. The fourth-order valence-corrected chi connectivity index (χ4v) is 2.37. The Labute approximate surface area is 94.7 Å². The van der Waals surface area contributed by atoms with Crippen LogP contribution >= 0.6 is 0 Å². The van der Waals surface area contributed by atoms with Gasteiger partial charge in [0, 0.05) is 5.54 Å². The molecule has 0 radical (unpaired) electrons. The largest absolute Gasteiger partial charge is 0.454 e. The van der Waals surface area contributed by atoms with Gasteiger partial charge in [0.15, 0.2) is 11.5 Å². The molecule has 2 aliphatic rings. The van der Waals surface area contributed by atoms with Gasteiger partial charge in [0.1, 0.15) is 0 Å². The van der Waals surface area contributed by atoms with Crippen LogP contribution in [0.2, 0.25) is 0 Å². The van der Waals surface area contributed by atoms with E-state index in [4.69, 9.17) is 15.2 Å². The highest BCUT2D eigenvalue weighted by atomic mass is 16.7. The highest BCUT2D eigenvalue weighted by Crippen LogP contribution is 2.37. The number of fused-ring (bicyclic) bond motifs is 1. The van der Waals surface area contributed by atoms with Crippen LogP contribution in [0.25, 0.3) is 0 Å². The summed E-state index contributed by atoms with van der Waals surface area (Å²) in [6.07, 6.45) is 1.93. The van der Waals surface area contributed by atoms with Gasteiger partial charge < -0.3 is 20.5 Å². The first kappa shape index (κ1) is 9.93. The van der Waals surface area contributed by atoms with Gasteiger partial charge in [-0.05, 0) is 43.6 Å². The van der Waals surface area contributed by atoms with E-state index < -0.39 is 0 Å². The van der Waals surface area contributed by atoms with Crippen molar-refractivity contribution >= 4 is 0 Å². The summed E-state index contributed by atoms with van der Waals surface area (Å²) >= 11 is 0. The first-order chi connectivity index (χ1) is 7.78. The molecule has 0 saturated carbocycles. The third-order valence-electron chi connectivity index (χ3n) is 3.44. The number of rotatable bonds is 1. The molecule has 1 aromatic rings. The van der Waals surface area contributed by atoms with Crippen molar-refractivity contribution in [1.82, 2.24) is 5.32 Å². The Morgan fingerprint density at radius 2 is 1.88 bits per heavy atom. The van der Waals surface area contributed by atoms with Crippen LogP contribution in [0.15, 0.2) is 18.2 Å². The Balaban J connectivity index is 1.93. The molecule has 1 aromatic carbocycles. The molecule has 2 heterocycles. The third kappa shape index (κ3) is 1.54. The SMILES string of the molecule is NC1(c2ccc3c(c2)OCO3)CCNCC1. The summed E-state index contributed by atoms with van der Waals surface area (Å²) in [7, 11) is 0. The molecule has 4 nitrogen and oxygen atoms in total. The zero-order valence-electron chi connectivity index (χ0n) is 9.16. The Morgan fingerprint density at radius 1 is 1.12 bits per heavy atom. The van der Waals surface area contributed by atoms with Gasteiger partial charge >= 0.3 is 0 Å². The van der Waals surface area contributed by atoms with Crippen LogP contribution in [0.3, 0.4) is 0 Å². The summed E-state index contributed by atoms with van der Waals surface area (Å²) in [6.45, 7) is 2.27. The highest BCUT2D eigenvalue weighted by molar-refractivity contribution is 5.46. The van der Waals surface area contributed by atoms with Crippen LogP contribution in [-0.2, 0) is 5.54 Å². The monoisotopic (exact) mass is 220 g/mol. The second-order valence-corrected chi connectivity index (χ2v) is 4.47. The molecular weight excluding hydrogens is 204 g/mol. The highest BCUT2D eigenvalue weighted by Gasteiger charge is 2.30. The lowest BCUT2D eigenvalue weighted by atomic mass is 9.82. The van der Waals surface area contributed by atoms with Crippen LogP contribution in [0.5, 0.6) is 11.5 Å². The van der Waals surface area contributed by atoms with Gasteiger partial charge in [-0.1, -0.05) is 6.07 Å². The summed E-state index contributed by atoms with van der Waals surface area (Å²) < 4.78 is 10.7. The maximum absolute atomic E-state index is 6.44. The van der Waals surface area contributed by atoms with Gasteiger partial charge in [0.2, 0.25) is 6.79 Å². The molecule has 0 aromatic heterocycles. The van der Waals surface area contributed by atoms with Crippen molar-refractivity contribution in [2.24, 2.45) is 5.73 Å². The minimum atomic E-state index is -0.216. The second-order valence-electron chi connectivity index (χ2n) is 4.47. The topological polar surface area (TPSA) is 56.5 Å². The number of nitrogens with two attached hydrogens (primary N) is 1. The van der Waals surface area contributed by atoms with Gasteiger partial charge in [-0.25, -0.2) is 0 Å². The zero-order chi connectivity index (χ0) is 11.0. The maximum Gasteiger partial charge on any atom is 0.231 e. The Kier molecular flexibility index (Phi) is 2.26. The molecule has 1 fully saturated rings. The summed E-state index contributed by atoms with van der Waals surface area (Å²) in [6, 6.07) is 6.03. The number of piperidine rings is 1. The molecule has 0 spiro atoms. The van der Waals surface area contributed by atoms with E-state index in [1.54, 1.807) is 0 Å². The van der Waals surface area contributed by atoms with E-state index >= 15 is 0 Å². The van der Waals surface area contributed by atoms with Gasteiger partial charge in [0.05, 0.1) is 0 Å². The number of benzene rings is 1. The number of hydrogen-bond donors (Lipinski definition) is 2. The van der Waals surface area contributed by atoms with Crippen molar-refractivity contribution in [3.8, 4) is 11.5 Å². The van der Waals surface area contributed by atoms with Crippen molar-refractivity contribution in [3.05, 3.63) is 23.8 Å². The van der Waals surface area contributed by atoms with Crippen molar-refractivity contribution in [3.63, 3.8) is 0 Å². The lowest BCUT2D eigenvalue weighted by molar-refractivity contribution is 0.174. The molecule has 16 heavy (non-hydrogen) atoms. The molecule has 3 N–H and O–H groups in total. The predicted octanol–water partition coefficient (Wildman–Crippen LogP) is 0.953. The molecule has 0 bridgehead atoms. The first-order valence-corrected chi connectivity index (χ1v) is 5.68. The summed E-state index contributed by atoms with van der Waals surface area (Å²) in [5, 5.41) is 3.33. The van der Waals surface area contributed by atoms with Gasteiger partial charge in [-0.3, -0.25) is 0 Å². The fraction of sp³-hybridized carbons (Fsp3) is 0.500. The molecule has 1 saturated heterocycles. The minimum absolute atomic E-state index is 0.216. The number of ether oxygens (including phenoxy) is 2. The zero-order valence-corrected chi connectivity index (χ0v) is 9.16. The van der Waals surface area contributed by atoms with Crippen molar-refractivity contribution in [1.29, 1.82) is 0 Å². The lowest BCUT2D eigenvalue weighted by Crippen LogP contribution is -2.46. The van der Waals surface area contributed by atoms with Crippen LogP contribution in [0, 0.1) is 0 Å². The molecule has 2 aliphatic heterocycles. The summed E-state index contributed by atoms with van der Waals surface area (Å²) in [5.74, 6) is 1.64. The normalized spacial score (nSPS) is 22.1. The smallest absolute Gasteiger partial charge is 0.231 e. The van der Waals surface area contributed by atoms with Crippen LogP contribution in [0.4, 0.5) is 0 Å². The summed E-state index contributed by atoms with van der Waals surface area (Å²) in [4.78, 5) is 0. The molecule has 0 aliphatic carbocycles. The molecule has 3 rings (SSSR count). The fourth-order valence-electron chi connectivity index (χ4n) is 2.37. The average molecular weight is 220 g/mol. The quantitative estimate of drug-likeness (QED) is 0.740. The molecule has 0 amide bonds. The van der Waals surface area contributed by atoms with Crippen LogP contribution < -0.4 is 20.5 Å². The van der Waals surface area contributed by atoms with Crippen LogP contribution in [-0.4, -0.2) is 19.9 Å². The molecule has 4 heteroatoms. The van der Waals surface area contributed by atoms with E-state index in [1.165, 1.54) is 0 Å². The van der Waals surface area contributed by atoms with Gasteiger partial charge in [-0.2, -0.15) is 0 Å².